The molecule has 2 fully saturated rings. The molecule has 10 heavy (non-hydrogen) atoms. The number of likely N-dealkylation sites (N-methyl/N-ethyl adjacent to an activating group) is 1. The van der Waals surface area contributed by atoms with E-state index in [1.807, 2.05) is 7.05 Å². The summed E-state index contributed by atoms with van der Waals surface area (Å²) in [5.41, 5.74) is -0.175. The fraction of sp³-hybridized carbons (Fsp3) is 0.833. The summed E-state index contributed by atoms with van der Waals surface area (Å²) >= 11 is 0. The number of alkyl carbamates (subject to hydrolysis) is 1. The Morgan fingerprint density at radius 2 is 2.40 bits per heavy atom. The predicted molar refractivity (Wildman–Crippen MR) is 34.7 cm³/mol. The number of hydrogen-bond donors (Lipinski definition) is 1. The molecule has 2 heterocycles. The van der Waals surface area contributed by atoms with Crippen molar-refractivity contribution in [2.24, 2.45) is 0 Å². The normalized spacial score (nSPS) is 29.5. The Labute approximate surface area is 59.1 Å². The second kappa shape index (κ2) is 1.63. The highest BCUT2D eigenvalue weighted by Gasteiger charge is 2.48. The first-order valence-electron chi connectivity index (χ1n) is 3.36. The first kappa shape index (κ1) is 5.97. The topological polar surface area (TPSA) is 41.6 Å². The number of carbonyl (C=O) groups is 1. The first-order chi connectivity index (χ1) is 4.70. The molecule has 0 aromatic heterocycles. The van der Waals surface area contributed by atoms with Gasteiger partial charge in [-0.25, -0.2) is 4.79 Å². The predicted octanol–water partition coefficient (Wildman–Crippen LogP) is -0.590. The minimum Gasteiger partial charge on any atom is -0.438 e. The molecule has 0 saturated carbocycles. The molecule has 0 aromatic rings. The molecule has 56 valence electrons. The Balaban J connectivity index is 2.01. The van der Waals surface area contributed by atoms with Crippen LogP contribution in [0.4, 0.5) is 4.79 Å². The van der Waals surface area contributed by atoms with Crippen LogP contribution in [-0.2, 0) is 4.74 Å². The minimum atomic E-state index is -0.270. The van der Waals surface area contributed by atoms with Crippen LogP contribution in [0.2, 0.25) is 0 Å². The average Bonchev–Trinajstić information content (AvgIpc) is 2.10. The average molecular weight is 142 g/mol. The molecule has 2 aliphatic heterocycles. The summed E-state index contributed by atoms with van der Waals surface area (Å²) in [5, 5.41) is 2.64. The fourth-order valence-corrected chi connectivity index (χ4v) is 1.62. The third-order valence-corrected chi connectivity index (χ3v) is 1.98. The lowest BCUT2D eigenvalue weighted by Crippen LogP contribution is -2.62. The second-order valence-corrected chi connectivity index (χ2v) is 3.10. The third-order valence-electron chi connectivity index (χ3n) is 1.98. The van der Waals surface area contributed by atoms with Crippen LogP contribution < -0.4 is 5.32 Å². The maximum Gasteiger partial charge on any atom is 0.407 e. The maximum atomic E-state index is 10.6. The number of hydrogen-bond acceptors (Lipinski definition) is 3. The number of ether oxygens (including phenoxy) is 1. The van der Waals surface area contributed by atoms with E-state index in [-0.39, 0.29) is 11.7 Å². The summed E-state index contributed by atoms with van der Waals surface area (Å²) in [6.45, 7) is 2.41. The SMILES string of the molecule is CN1CC2(CNC(=O)O2)C1. The minimum absolute atomic E-state index is 0.175. The molecule has 1 N–H and O–H groups in total. The van der Waals surface area contributed by atoms with Crippen molar-refractivity contribution >= 4 is 6.09 Å². The van der Waals surface area contributed by atoms with Gasteiger partial charge in [-0.1, -0.05) is 0 Å². The highest BCUT2D eigenvalue weighted by Crippen LogP contribution is 2.26. The summed E-state index contributed by atoms with van der Waals surface area (Å²) in [7, 11) is 2.01. The number of rotatable bonds is 0. The van der Waals surface area contributed by atoms with E-state index in [1.54, 1.807) is 0 Å². The van der Waals surface area contributed by atoms with Gasteiger partial charge in [-0.3, -0.25) is 4.90 Å². The molecule has 4 nitrogen and oxygen atoms in total. The molecule has 0 unspecified atom stereocenters. The van der Waals surface area contributed by atoms with Gasteiger partial charge >= 0.3 is 6.09 Å². The summed E-state index contributed by atoms with van der Waals surface area (Å²) in [6.07, 6.45) is -0.270. The Hall–Kier alpha value is -0.770. The van der Waals surface area contributed by atoms with Gasteiger partial charge in [0.2, 0.25) is 0 Å². The summed E-state index contributed by atoms with van der Waals surface area (Å²) in [4.78, 5) is 12.7. The monoisotopic (exact) mass is 142 g/mol. The smallest absolute Gasteiger partial charge is 0.407 e. The molecule has 1 amide bonds. The number of nitrogens with one attached hydrogen (secondary N) is 1. The van der Waals surface area contributed by atoms with Crippen LogP contribution in [0.25, 0.3) is 0 Å². The molecule has 2 saturated heterocycles. The summed E-state index contributed by atoms with van der Waals surface area (Å²) in [6, 6.07) is 0. The lowest BCUT2D eigenvalue weighted by Gasteiger charge is -2.43. The molecule has 2 aliphatic rings. The quantitative estimate of drug-likeness (QED) is 0.491. The van der Waals surface area contributed by atoms with Crippen LogP contribution in [0, 0.1) is 0 Å². The van der Waals surface area contributed by atoms with Gasteiger partial charge in [0.15, 0.2) is 5.60 Å². The Morgan fingerprint density at radius 3 is 2.80 bits per heavy atom. The molecule has 0 bridgehead atoms. The van der Waals surface area contributed by atoms with Crippen molar-refractivity contribution in [2.75, 3.05) is 26.7 Å². The zero-order valence-corrected chi connectivity index (χ0v) is 5.89. The van der Waals surface area contributed by atoms with Gasteiger partial charge in [0.25, 0.3) is 0 Å². The molecule has 4 heteroatoms. The van der Waals surface area contributed by atoms with Gasteiger partial charge in [-0.2, -0.15) is 0 Å². The van der Waals surface area contributed by atoms with Crippen molar-refractivity contribution in [2.45, 2.75) is 5.60 Å². The highest BCUT2D eigenvalue weighted by atomic mass is 16.6. The largest absolute Gasteiger partial charge is 0.438 e. The van der Waals surface area contributed by atoms with Gasteiger partial charge in [0.1, 0.15) is 0 Å². The van der Waals surface area contributed by atoms with Crippen LogP contribution >= 0.6 is 0 Å². The van der Waals surface area contributed by atoms with Gasteiger partial charge < -0.3 is 10.1 Å². The van der Waals surface area contributed by atoms with E-state index >= 15 is 0 Å². The summed E-state index contributed by atoms with van der Waals surface area (Å²) < 4.78 is 5.06. The molecular weight excluding hydrogens is 132 g/mol. The third kappa shape index (κ3) is 0.686. The van der Waals surface area contributed by atoms with Crippen molar-refractivity contribution in [3.8, 4) is 0 Å². The van der Waals surface area contributed by atoms with E-state index in [4.69, 9.17) is 4.74 Å². The highest BCUT2D eigenvalue weighted by molar-refractivity contribution is 5.70. The van der Waals surface area contributed by atoms with Crippen LogP contribution in [0.3, 0.4) is 0 Å². The Morgan fingerprint density at radius 1 is 1.70 bits per heavy atom. The Kier molecular flexibility index (Phi) is 0.976. The zero-order valence-electron chi connectivity index (χ0n) is 5.89. The van der Waals surface area contributed by atoms with Gasteiger partial charge in [-0.05, 0) is 7.05 Å². The zero-order chi connectivity index (χ0) is 7.19. The number of likely N-dealkylation sites (tertiary alicyclic amines) is 1. The lowest BCUT2D eigenvalue weighted by molar-refractivity contribution is -0.0601. The standard InChI is InChI=1S/C6H10N2O2/c1-8-3-6(4-8)2-7-5(9)10-6/h2-4H2,1H3,(H,7,9). The van der Waals surface area contributed by atoms with Crippen molar-refractivity contribution in [1.29, 1.82) is 0 Å². The molecule has 0 aliphatic carbocycles. The number of nitrogens with zero attached hydrogens (tertiary/aromatic N) is 1. The lowest BCUT2D eigenvalue weighted by atomic mass is 9.96. The van der Waals surface area contributed by atoms with Crippen molar-refractivity contribution < 1.29 is 9.53 Å². The number of amides is 1. The van der Waals surface area contributed by atoms with E-state index in [1.165, 1.54) is 0 Å². The van der Waals surface area contributed by atoms with Crippen molar-refractivity contribution in [1.82, 2.24) is 10.2 Å². The van der Waals surface area contributed by atoms with E-state index in [9.17, 15) is 4.79 Å². The van der Waals surface area contributed by atoms with E-state index < -0.39 is 0 Å². The Bertz CT molecular complexity index is 175. The van der Waals surface area contributed by atoms with Crippen LogP contribution in [0.5, 0.6) is 0 Å². The first-order valence-corrected chi connectivity index (χ1v) is 3.36. The van der Waals surface area contributed by atoms with Crippen molar-refractivity contribution in [3.05, 3.63) is 0 Å². The molecule has 0 atom stereocenters. The van der Waals surface area contributed by atoms with Gasteiger partial charge in [-0.15, -0.1) is 0 Å². The van der Waals surface area contributed by atoms with Gasteiger partial charge in [0.05, 0.1) is 6.54 Å². The molecule has 0 radical (unpaired) electrons. The fourth-order valence-electron chi connectivity index (χ4n) is 1.62. The summed E-state index contributed by atoms with van der Waals surface area (Å²) in [5.74, 6) is 0. The van der Waals surface area contributed by atoms with Gasteiger partial charge in [0, 0.05) is 13.1 Å². The van der Waals surface area contributed by atoms with Crippen LogP contribution in [0.1, 0.15) is 0 Å². The molecule has 2 rings (SSSR count). The molecule has 0 aromatic carbocycles. The van der Waals surface area contributed by atoms with E-state index in [2.05, 4.69) is 10.2 Å². The maximum absolute atomic E-state index is 10.6. The molecule has 1 spiro atoms. The second-order valence-electron chi connectivity index (χ2n) is 3.10. The van der Waals surface area contributed by atoms with Crippen LogP contribution in [0.15, 0.2) is 0 Å². The molecular formula is C6H10N2O2. The van der Waals surface area contributed by atoms with E-state index in [0.717, 1.165) is 13.1 Å². The van der Waals surface area contributed by atoms with E-state index in [0.29, 0.717) is 6.54 Å². The van der Waals surface area contributed by atoms with Crippen molar-refractivity contribution in [3.63, 3.8) is 0 Å². The van der Waals surface area contributed by atoms with Crippen LogP contribution in [-0.4, -0.2) is 43.3 Å². The number of carbonyl (C=O) groups excluding carboxylic acids is 1.